The second-order valence-electron chi connectivity index (χ2n) is 10.8. The van der Waals surface area contributed by atoms with Gasteiger partial charge in [-0.25, -0.2) is 9.97 Å². The summed E-state index contributed by atoms with van der Waals surface area (Å²) >= 11 is 1.94. The average molecular weight is 799 g/mol. The van der Waals surface area contributed by atoms with Gasteiger partial charge in [-0.3, -0.25) is 14.4 Å². The van der Waals surface area contributed by atoms with E-state index in [1.165, 1.54) is 32.4 Å². The number of nitrogen functional groups attached to an aromatic ring is 1. The summed E-state index contributed by atoms with van der Waals surface area (Å²) in [5.74, 6) is -2.09. The summed E-state index contributed by atoms with van der Waals surface area (Å²) in [6, 6.07) is 7.73. The molecule has 21 heteroatoms. The number of hydrogen-bond acceptors (Lipinski definition) is 12. The Kier molecular flexibility index (Phi) is 13.6. The van der Waals surface area contributed by atoms with Crippen LogP contribution in [0.15, 0.2) is 64.6 Å². The van der Waals surface area contributed by atoms with Crippen LogP contribution in [-0.4, -0.2) is 66.5 Å². The van der Waals surface area contributed by atoms with Gasteiger partial charge in [0.15, 0.2) is 11.5 Å². The highest BCUT2D eigenvalue weighted by atomic mass is 32.2. The fourth-order valence-electron chi connectivity index (χ4n) is 4.67. The van der Waals surface area contributed by atoms with Crippen molar-refractivity contribution < 1.29 is 50.2 Å². The maximum atomic E-state index is 14.1. The molecule has 0 bridgehead atoms. The number of alkyl halides is 6. The zero-order valence-corrected chi connectivity index (χ0v) is 29.9. The van der Waals surface area contributed by atoms with Crippen LogP contribution in [0.4, 0.5) is 49.1 Å². The molecule has 0 unspecified atom stereocenters. The number of halogens is 6. The molecule has 1 heterocycles. The lowest BCUT2D eigenvalue weighted by Crippen LogP contribution is -2.20. The van der Waals surface area contributed by atoms with Gasteiger partial charge in [-0.05, 0) is 42.5 Å². The topological polar surface area (TPSA) is 210 Å². The molecule has 9 N–H and O–H groups in total. The zero-order valence-electron chi connectivity index (χ0n) is 28.3. The number of thioether (sulfide) groups is 2. The number of amides is 3. The summed E-state index contributed by atoms with van der Waals surface area (Å²) in [6.45, 7) is 0.212. The van der Waals surface area contributed by atoms with Gasteiger partial charge in [0.25, 0.3) is 17.7 Å². The van der Waals surface area contributed by atoms with Gasteiger partial charge in [-0.1, -0.05) is 0 Å². The van der Waals surface area contributed by atoms with E-state index in [1.807, 2.05) is 0 Å². The number of aromatic nitrogens is 2. The van der Waals surface area contributed by atoms with Crippen LogP contribution in [0.3, 0.4) is 0 Å². The van der Waals surface area contributed by atoms with E-state index in [0.717, 1.165) is 35.9 Å². The fraction of sp³-hybridized carbons (Fsp3) is 0.242. The van der Waals surface area contributed by atoms with Crippen LogP contribution >= 0.6 is 23.5 Å². The quantitative estimate of drug-likeness (QED) is 0.0495. The molecule has 4 aromatic rings. The van der Waals surface area contributed by atoms with Crippen LogP contribution in [0.5, 0.6) is 11.5 Å². The minimum Gasteiger partial charge on any atom is -0.493 e. The van der Waals surface area contributed by atoms with Crippen LogP contribution < -0.4 is 42.6 Å². The molecule has 0 atom stereocenters. The van der Waals surface area contributed by atoms with Gasteiger partial charge in [0.1, 0.15) is 17.7 Å². The summed E-state index contributed by atoms with van der Waals surface area (Å²) in [6.07, 6.45) is -8.94. The van der Waals surface area contributed by atoms with Crippen LogP contribution in [0.25, 0.3) is 0 Å². The molecule has 0 fully saturated rings. The average Bonchev–Trinajstić information content (AvgIpc) is 3.12. The first kappa shape index (κ1) is 41.5. The van der Waals surface area contributed by atoms with Gasteiger partial charge in [0.2, 0.25) is 0 Å². The predicted octanol–water partition coefficient (Wildman–Crippen LogP) is 5.97. The number of nitrogens with zero attached hydrogens (tertiary/aromatic N) is 2. The van der Waals surface area contributed by atoms with Gasteiger partial charge in [0.05, 0.1) is 52.2 Å². The van der Waals surface area contributed by atoms with Crippen LogP contribution in [0.1, 0.15) is 42.5 Å². The van der Waals surface area contributed by atoms with E-state index in [-0.39, 0.29) is 68.4 Å². The highest BCUT2D eigenvalue weighted by Crippen LogP contribution is 2.42. The van der Waals surface area contributed by atoms with Crippen molar-refractivity contribution in [1.82, 2.24) is 9.97 Å². The first-order valence-electron chi connectivity index (χ1n) is 15.4. The van der Waals surface area contributed by atoms with E-state index in [4.69, 9.17) is 26.7 Å². The van der Waals surface area contributed by atoms with Crippen molar-refractivity contribution in [3.05, 3.63) is 82.9 Å². The predicted molar refractivity (Wildman–Crippen MR) is 192 cm³/mol. The van der Waals surface area contributed by atoms with E-state index in [2.05, 4.69) is 25.9 Å². The number of benzene rings is 3. The van der Waals surface area contributed by atoms with Crippen molar-refractivity contribution in [3.63, 3.8) is 0 Å². The molecule has 0 aliphatic heterocycles. The standard InChI is InChI=1S/C33H32F6N8O5S2/c1-51-25-4-3-16(9-26(25)52-2)29(48)45-21-12-18(33(37,38)39)13-22(28(21)54-8-6-41)47-31(50)24-14-23(43-15-44-24)30(49)46-20-11-17(32(34,35)36)10-19(42)27(20)53-7-5-40/h3-4,9-15H,5-8,40-42H2,1-2H3,(H,45,48)(H,46,49)(H,47,50). The molecule has 0 radical (unpaired) electrons. The minimum atomic E-state index is -4.94. The Bertz CT molecular complexity index is 2030. The molecule has 288 valence electrons. The van der Waals surface area contributed by atoms with Crippen LogP contribution in [0.2, 0.25) is 0 Å². The van der Waals surface area contributed by atoms with Gasteiger partial charge in [-0.15, -0.1) is 23.5 Å². The van der Waals surface area contributed by atoms with Gasteiger partial charge < -0.3 is 42.6 Å². The lowest BCUT2D eigenvalue weighted by atomic mass is 10.1. The highest BCUT2D eigenvalue weighted by Gasteiger charge is 2.34. The van der Waals surface area contributed by atoms with E-state index in [0.29, 0.717) is 30.0 Å². The lowest BCUT2D eigenvalue weighted by Gasteiger charge is -2.19. The van der Waals surface area contributed by atoms with Crippen molar-refractivity contribution in [2.24, 2.45) is 11.5 Å². The normalized spacial score (nSPS) is 11.5. The Morgan fingerprint density at radius 1 is 0.667 bits per heavy atom. The number of methoxy groups -OCH3 is 2. The van der Waals surface area contributed by atoms with E-state index in [1.54, 1.807) is 0 Å². The molecule has 54 heavy (non-hydrogen) atoms. The van der Waals surface area contributed by atoms with Crippen molar-refractivity contribution >= 4 is 64.0 Å². The van der Waals surface area contributed by atoms with Gasteiger partial charge in [-0.2, -0.15) is 26.3 Å². The molecule has 4 rings (SSSR count). The maximum Gasteiger partial charge on any atom is 0.416 e. The number of carbonyl (C=O) groups excluding carboxylic acids is 3. The largest absolute Gasteiger partial charge is 0.493 e. The van der Waals surface area contributed by atoms with Crippen molar-refractivity contribution in [1.29, 1.82) is 0 Å². The van der Waals surface area contributed by atoms with Crippen molar-refractivity contribution in [2.45, 2.75) is 22.1 Å². The molecule has 3 aromatic carbocycles. The number of carbonyl (C=O) groups is 3. The Hall–Kier alpha value is -5.25. The number of rotatable bonds is 14. The Morgan fingerprint density at radius 2 is 1.13 bits per heavy atom. The third kappa shape index (κ3) is 10.2. The number of nitrogens with two attached hydrogens (primary N) is 3. The van der Waals surface area contributed by atoms with E-state index >= 15 is 0 Å². The van der Waals surface area contributed by atoms with Crippen LogP contribution in [0, 0.1) is 0 Å². The Labute approximate surface area is 312 Å². The van der Waals surface area contributed by atoms with Crippen molar-refractivity contribution in [2.75, 3.05) is 60.5 Å². The Balaban J connectivity index is 1.69. The summed E-state index contributed by atoms with van der Waals surface area (Å²) < 4.78 is 93.5. The Morgan fingerprint density at radius 3 is 1.61 bits per heavy atom. The second kappa shape index (κ2) is 17.7. The number of anilines is 4. The van der Waals surface area contributed by atoms with E-state index in [9.17, 15) is 40.7 Å². The van der Waals surface area contributed by atoms with Crippen LogP contribution in [-0.2, 0) is 12.4 Å². The fourth-order valence-corrected chi connectivity index (χ4v) is 6.34. The first-order valence-corrected chi connectivity index (χ1v) is 17.4. The maximum absolute atomic E-state index is 14.1. The van der Waals surface area contributed by atoms with Crippen molar-refractivity contribution in [3.8, 4) is 11.5 Å². The smallest absolute Gasteiger partial charge is 0.416 e. The zero-order chi connectivity index (χ0) is 39.8. The van der Waals surface area contributed by atoms with E-state index < -0.39 is 52.6 Å². The molecule has 0 aliphatic carbocycles. The first-order chi connectivity index (χ1) is 25.5. The molecule has 13 nitrogen and oxygen atoms in total. The number of hydrogen-bond donors (Lipinski definition) is 6. The molecular weight excluding hydrogens is 767 g/mol. The number of nitrogens with one attached hydrogen (secondary N) is 3. The number of ether oxygens (including phenoxy) is 2. The van der Waals surface area contributed by atoms with Gasteiger partial charge in [0, 0.05) is 41.9 Å². The monoisotopic (exact) mass is 798 g/mol. The molecule has 0 aliphatic rings. The minimum absolute atomic E-state index is 0.00675. The summed E-state index contributed by atoms with van der Waals surface area (Å²) in [5.41, 5.74) is 12.4. The highest BCUT2D eigenvalue weighted by molar-refractivity contribution is 7.99. The molecule has 0 spiro atoms. The molecule has 0 saturated heterocycles. The second-order valence-corrected chi connectivity index (χ2v) is 13.0. The molecule has 3 amide bonds. The molecular formula is C33H32F6N8O5S2. The summed E-state index contributed by atoms with van der Waals surface area (Å²) in [5, 5.41) is 7.12. The third-order valence-corrected chi connectivity index (χ3v) is 9.46. The molecule has 1 aromatic heterocycles. The summed E-state index contributed by atoms with van der Waals surface area (Å²) in [7, 11) is 2.72. The third-order valence-electron chi connectivity index (χ3n) is 7.11. The summed E-state index contributed by atoms with van der Waals surface area (Å²) in [4.78, 5) is 47.7. The molecule has 0 saturated carbocycles. The SMILES string of the molecule is COc1ccc(C(=O)Nc2cc(C(F)(F)F)cc(NC(=O)c3cc(C(=O)Nc4cc(C(F)(F)F)cc(N)c4SCCN)ncn3)c2SCCN)cc1OC. The lowest BCUT2D eigenvalue weighted by molar-refractivity contribution is -0.138. The van der Waals surface area contributed by atoms with Gasteiger partial charge >= 0.3 is 12.4 Å².